The summed E-state index contributed by atoms with van der Waals surface area (Å²) in [6.45, 7) is 4.69. The van der Waals surface area contributed by atoms with E-state index in [0.717, 1.165) is 52.3 Å². The first kappa shape index (κ1) is 16.8. The van der Waals surface area contributed by atoms with Crippen LogP contribution in [0.3, 0.4) is 0 Å². The van der Waals surface area contributed by atoms with Gasteiger partial charge in [0.1, 0.15) is 11.6 Å². The van der Waals surface area contributed by atoms with Crippen molar-refractivity contribution < 1.29 is 4.74 Å². The summed E-state index contributed by atoms with van der Waals surface area (Å²) in [6, 6.07) is 7.50. The summed E-state index contributed by atoms with van der Waals surface area (Å²) in [5.74, 6) is 1.85. The fourth-order valence-electron chi connectivity index (χ4n) is 4.71. The molecule has 3 saturated heterocycles. The van der Waals surface area contributed by atoms with Gasteiger partial charge in [0.15, 0.2) is 5.65 Å². The predicted molar refractivity (Wildman–Crippen MR) is 111 cm³/mol. The lowest BCUT2D eigenvalue weighted by Gasteiger charge is -2.46. The van der Waals surface area contributed by atoms with Gasteiger partial charge in [0.25, 0.3) is 0 Å². The van der Waals surface area contributed by atoms with Crippen LogP contribution in [0.1, 0.15) is 19.8 Å². The van der Waals surface area contributed by atoms with E-state index in [1.54, 1.807) is 0 Å². The number of piperazine rings is 1. The Labute approximate surface area is 167 Å². The number of pyridine rings is 2. The number of rotatable bonds is 4. The summed E-state index contributed by atoms with van der Waals surface area (Å²) in [4.78, 5) is 7.29. The summed E-state index contributed by atoms with van der Waals surface area (Å²) in [6.07, 6.45) is 8.21. The molecule has 0 saturated carbocycles. The number of nitrogens with one attached hydrogen (secondary N) is 2. The number of hydrogen-bond acceptors (Lipinski definition) is 6. The van der Waals surface area contributed by atoms with Gasteiger partial charge in [-0.25, -0.2) is 9.50 Å². The van der Waals surface area contributed by atoms with Gasteiger partial charge in [0.2, 0.25) is 0 Å². The zero-order chi connectivity index (χ0) is 19.4. The van der Waals surface area contributed by atoms with E-state index in [1.807, 2.05) is 30.0 Å². The zero-order valence-corrected chi connectivity index (χ0v) is 16.3. The molecule has 2 N–H and O–H groups in total. The van der Waals surface area contributed by atoms with E-state index in [4.69, 9.17) is 9.72 Å². The Balaban J connectivity index is 1.44. The van der Waals surface area contributed by atoms with Crippen molar-refractivity contribution in [1.82, 2.24) is 30.1 Å². The lowest BCUT2D eigenvalue weighted by atomic mass is 9.93. The van der Waals surface area contributed by atoms with E-state index >= 15 is 0 Å². The van der Waals surface area contributed by atoms with Gasteiger partial charge in [0.05, 0.1) is 29.9 Å². The van der Waals surface area contributed by atoms with E-state index in [1.165, 1.54) is 12.8 Å². The van der Waals surface area contributed by atoms with Crippen LogP contribution in [0.2, 0.25) is 0 Å². The number of piperidine rings is 2. The molecule has 29 heavy (non-hydrogen) atoms. The molecule has 8 nitrogen and oxygen atoms in total. The molecule has 3 aliphatic heterocycles. The van der Waals surface area contributed by atoms with Crippen LogP contribution in [-0.4, -0.2) is 56.6 Å². The van der Waals surface area contributed by atoms with Crippen LogP contribution >= 0.6 is 0 Å². The summed E-state index contributed by atoms with van der Waals surface area (Å²) >= 11 is 0. The van der Waals surface area contributed by atoms with Gasteiger partial charge in [-0.15, -0.1) is 5.10 Å². The molecule has 4 aromatic heterocycles. The van der Waals surface area contributed by atoms with Crippen molar-refractivity contribution in [1.29, 1.82) is 0 Å². The van der Waals surface area contributed by atoms with Gasteiger partial charge < -0.3 is 15.0 Å². The Morgan fingerprint density at radius 1 is 1.24 bits per heavy atom. The Bertz CT molecular complexity index is 1170. The van der Waals surface area contributed by atoms with Crippen molar-refractivity contribution in [2.45, 2.75) is 31.8 Å². The molecule has 8 heteroatoms. The number of aromatic amines is 1. The van der Waals surface area contributed by atoms with Crippen molar-refractivity contribution >= 4 is 22.4 Å². The number of H-pyrrole nitrogens is 1. The molecule has 7 rings (SSSR count). The van der Waals surface area contributed by atoms with Crippen LogP contribution in [0.5, 0.6) is 5.75 Å². The molecule has 3 fully saturated rings. The highest BCUT2D eigenvalue weighted by atomic mass is 16.5. The van der Waals surface area contributed by atoms with Gasteiger partial charge in [-0.2, -0.15) is 5.10 Å². The highest BCUT2D eigenvalue weighted by molar-refractivity contribution is 6.00. The Hall–Kier alpha value is -3.13. The molecule has 0 aliphatic carbocycles. The number of hydrogen-bond donors (Lipinski definition) is 2. The van der Waals surface area contributed by atoms with Crippen LogP contribution in [0.4, 0.5) is 5.82 Å². The van der Waals surface area contributed by atoms with E-state index in [9.17, 15) is 0 Å². The van der Waals surface area contributed by atoms with Crippen LogP contribution in [0, 0.1) is 0 Å². The average Bonchev–Trinajstić information content (AvgIpc) is 3.35. The SMILES string of the molecule is CCOc1cc(-c2ccc(N3CC4CCC3CN4)nc2)c2c3cn[nH]c3nn2c1. The second-order valence-corrected chi connectivity index (χ2v) is 7.84. The summed E-state index contributed by atoms with van der Waals surface area (Å²) in [5.41, 5.74) is 3.86. The third-order valence-electron chi connectivity index (χ3n) is 6.11. The highest BCUT2D eigenvalue weighted by Crippen LogP contribution is 2.34. The monoisotopic (exact) mass is 389 g/mol. The van der Waals surface area contributed by atoms with E-state index in [2.05, 4.69) is 43.7 Å². The van der Waals surface area contributed by atoms with Gasteiger partial charge in [-0.3, -0.25) is 5.10 Å². The minimum atomic E-state index is 0.548. The number of fused-ring (bicyclic) bond motifs is 6. The minimum absolute atomic E-state index is 0.548. The maximum absolute atomic E-state index is 5.78. The third-order valence-corrected chi connectivity index (χ3v) is 6.11. The van der Waals surface area contributed by atoms with Gasteiger partial charge in [-0.1, -0.05) is 0 Å². The van der Waals surface area contributed by atoms with Crippen molar-refractivity contribution in [2.75, 3.05) is 24.6 Å². The van der Waals surface area contributed by atoms with E-state index < -0.39 is 0 Å². The molecule has 2 atom stereocenters. The Kier molecular flexibility index (Phi) is 3.73. The molecule has 0 spiro atoms. The summed E-state index contributed by atoms with van der Waals surface area (Å²) in [5, 5.41) is 16.3. The largest absolute Gasteiger partial charge is 0.492 e. The van der Waals surface area contributed by atoms with Crippen molar-refractivity contribution in [2.24, 2.45) is 0 Å². The third kappa shape index (κ3) is 2.66. The lowest BCUT2D eigenvalue weighted by Crippen LogP contribution is -2.61. The molecule has 7 heterocycles. The van der Waals surface area contributed by atoms with Crippen molar-refractivity contribution in [3.05, 3.63) is 36.8 Å². The second-order valence-electron chi connectivity index (χ2n) is 7.84. The molecule has 148 valence electrons. The lowest BCUT2D eigenvalue weighted by molar-refractivity contribution is 0.289. The molecule has 2 unspecified atom stereocenters. The predicted octanol–water partition coefficient (Wildman–Crippen LogP) is 2.61. The first-order valence-electron chi connectivity index (χ1n) is 10.2. The van der Waals surface area contributed by atoms with Crippen molar-refractivity contribution in [3.63, 3.8) is 0 Å². The smallest absolute Gasteiger partial charge is 0.178 e. The maximum atomic E-state index is 5.78. The molecular formula is C21H23N7O. The van der Waals surface area contributed by atoms with Crippen LogP contribution < -0.4 is 15.0 Å². The molecule has 0 aromatic carbocycles. The standard InChI is InChI=1S/C21H23N7O/c1-2-29-16-7-17(20-18-10-24-25-21(18)26-28(20)12-16)13-3-6-19(23-8-13)27-11-14-4-5-15(27)9-22-14/h3,6-8,10,12,14-15,22H,2,4-5,9,11H2,1H3,(H,25,26). The van der Waals surface area contributed by atoms with Crippen LogP contribution in [0.25, 0.3) is 27.7 Å². The van der Waals surface area contributed by atoms with E-state index in [0.29, 0.717) is 18.7 Å². The first-order valence-corrected chi connectivity index (χ1v) is 10.2. The average molecular weight is 389 g/mol. The van der Waals surface area contributed by atoms with Gasteiger partial charge in [0, 0.05) is 42.5 Å². The quantitative estimate of drug-likeness (QED) is 0.558. The minimum Gasteiger partial charge on any atom is -0.492 e. The topological polar surface area (TPSA) is 83.4 Å². The molecule has 3 aliphatic rings. The number of aromatic nitrogens is 5. The number of anilines is 1. The fraction of sp³-hybridized carbons (Fsp3) is 0.381. The molecule has 2 bridgehead atoms. The summed E-state index contributed by atoms with van der Waals surface area (Å²) < 4.78 is 7.65. The Morgan fingerprint density at radius 3 is 2.93 bits per heavy atom. The number of ether oxygens (including phenoxy) is 1. The van der Waals surface area contributed by atoms with E-state index in [-0.39, 0.29) is 0 Å². The Morgan fingerprint density at radius 2 is 2.21 bits per heavy atom. The summed E-state index contributed by atoms with van der Waals surface area (Å²) in [7, 11) is 0. The maximum Gasteiger partial charge on any atom is 0.178 e. The highest BCUT2D eigenvalue weighted by Gasteiger charge is 2.33. The second kappa shape index (κ2) is 6.45. The van der Waals surface area contributed by atoms with Crippen molar-refractivity contribution in [3.8, 4) is 16.9 Å². The van der Waals surface area contributed by atoms with Crippen LogP contribution in [-0.2, 0) is 0 Å². The number of nitrogens with zero attached hydrogens (tertiary/aromatic N) is 5. The zero-order valence-electron chi connectivity index (χ0n) is 16.3. The first-order chi connectivity index (χ1) is 14.3. The molecule has 4 aromatic rings. The van der Waals surface area contributed by atoms with Gasteiger partial charge >= 0.3 is 0 Å². The molecule has 0 radical (unpaired) electrons. The fourth-order valence-corrected chi connectivity index (χ4v) is 4.71. The normalized spacial score (nSPS) is 21.3. The van der Waals surface area contributed by atoms with Gasteiger partial charge in [-0.05, 0) is 38.0 Å². The molecular weight excluding hydrogens is 366 g/mol. The molecule has 0 amide bonds. The van der Waals surface area contributed by atoms with Crippen LogP contribution in [0.15, 0.2) is 36.8 Å².